The van der Waals surface area contributed by atoms with E-state index in [2.05, 4.69) is 72.4 Å². The molecule has 2 N–H and O–H groups in total. The highest BCUT2D eigenvalue weighted by atomic mass is 15.2. The van der Waals surface area contributed by atoms with Gasteiger partial charge in [-0.25, -0.2) is 0 Å². The van der Waals surface area contributed by atoms with E-state index in [1.54, 1.807) is 0 Å². The smallest absolute Gasteiger partial charge is 0.0654 e. The minimum Gasteiger partial charge on any atom is -0.376 e. The van der Waals surface area contributed by atoms with E-state index in [-0.39, 0.29) is 5.54 Å². The van der Waals surface area contributed by atoms with Gasteiger partial charge in [-0.1, -0.05) is 69.2 Å². The highest BCUT2D eigenvalue weighted by Gasteiger charge is 2.32. The van der Waals surface area contributed by atoms with Crippen LogP contribution in [0.5, 0.6) is 0 Å². The SMILES string of the molecule is C=C(C)NCNC1(C)CCN(C(CCCCC)CC2C=CC=CC=C2)CC1. The first-order valence-electron chi connectivity index (χ1n) is 10.9. The number of likely N-dealkylation sites (tertiary alicyclic amines) is 1. The lowest BCUT2D eigenvalue weighted by Gasteiger charge is -2.44. The Labute approximate surface area is 167 Å². The van der Waals surface area contributed by atoms with Crippen molar-refractivity contribution in [2.24, 2.45) is 5.92 Å². The van der Waals surface area contributed by atoms with Gasteiger partial charge in [0.2, 0.25) is 0 Å². The fourth-order valence-electron chi connectivity index (χ4n) is 4.12. The average Bonchev–Trinajstić information content (AvgIpc) is 2.90. The molecule has 2 rings (SSSR count). The van der Waals surface area contributed by atoms with Gasteiger partial charge in [0, 0.05) is 30.4 Å². The zero-order valence-electron chi connectivity index (χ0n) is 17.8. The van der Waals surface area contributed by atoms with Crippen molar-refractivity contribution in [2.75, 3.05) is 19.8 Å². The van der Waals surface area contributed by atoms with Crippen molar-refractivity contribution in [1.29, 1.82) is 0 Å². The molecule has 0 aromatic rings. The van der Waals surface area contributed by atoms with Crippen LogP contribution in [0.15, 0.2) is 48.7 Å². The maximum absolute atomic E-state index is 3.92. The van der Waals surface area contributed by atoms with Crippen LogP contribution in [0.2, 0.25) is 0 Å². The summed E-state index contributed by atoms with van der Waals surface area (Å²) < 4.78 is 0. The summed E-state index contributed by atoms with van der Waals surface area (Å²) in [4.78, 5) is 2.77. The number of rotatable bonds is 11. The largest absolute Gasteiger partial charge is 0.376 e. The Balaban J connectivity index is 1.88. The number of hydrogen-bond donors (Lipinski definition) is 2. The average molecular weight is 372 g/mol. The molecule has 0 radical (unpaired) electrons. The Morgan fingerprint density at radius 1 is 1.15 bits per heavy atom. The molecule has 0 aromatic carbocycles. The Kier molecular flexibility index (Phi) is 9.36. The standard InChI is InChI=1S/C24H41N3/c1-5-6-9-14-23(19-22-12-10-7-8-11-13-22)27-17-15-24(4,16-18-27)26-20-25-21(2)3/h7-8,10-13,22-23,25-26H,2,5-6,9,14-20H2,1,3-4H3. The first-order chi connectivity index (χ1) is 13.0. The summed E-state index contributed by atoms with van der Waals surface area (Å²) in [6.07, 6.45) is 22.5. The van der Waals surface area contributed by atoms with Crippen molar-refractivity contribution < 1.29 is 0 Å². The lowest BCUT2D eigenvalue weighted by Crippen LogP contribution is -2.55. The van der Waals surface area contributed by atoms with Crippen LogP contribution in [0.25, 0.3) is 0 Å². The topological polar surface area (TPSA) is 27.3 Å². The molecule has 3 heteroatoms. The van der Waals surface area contributed by atoms with E-state index in [1.165, 1.54) is 58.0 Å². The molecule has 0 bridgehead atoms. The fourth-order valence-corrected chi connectivity index (χ4v) is 4.12. The first kappa shape index (κ1) is 22.0. The Hall–Kier alpha value is -1.32. The molecule has 1 heterocycles. The molecule has 1 fully saturated rings. The second-order valence-electron chi connectivity index (χ2n) is 8.61. The van der Waals surface area contributed by atoms with Crippen LogP contribution in [-0.4, -0.2) is 36.2 Å². The van der Waals surface area contributed by atoms with Gasteiger partial charge < -0.3 is 10.2 Å². The normalized spacial score (nSPS) is 21.1. The third-order valence-corrected chi connectivity index (χ3v) is 6.06. The lowest BCUT2D eigenvalue weighted by atomic mass is 9.86. The molecule has 2 aliphatic rings. The number of unbranched alkanes of at least 4 members (excludes halogenated alkanes) is 2. The molecule has 0 spiro atoms. The van der Waals surface area contributed by atoms with Gasteiger partial charge in [0.05, 0.1) is 6.67 Å². The van der Waals surface area contributed by atoms with Crippen molar-refractivity contribution in [1.82, 2.24) is 15.5 Å². The molecule has 1 aliphatic heterocycles. The van der Waals surface area contributed by atoms with Gasteiger partial charge in [-0.2, -0.15) is 0 Å². The van der Waals surface area contributed by atoms with E-state index in [0.29, 0.717) is 12.0 Å². The quantitative estimate of drug-likeness (QED) is 0.388. The highest BCUT2D eigenvalue weighted by Crippen LogP contribution is 2.28. The minimum absolute atomic E-state index is 0.235. The molecule has 1 aliphatic carbocycles. The van der Waals surface area contributed by atoms with Crippen LogP contribution in [0.3, 0.4) is 0 Å². The van der Waals surface area contributed by atoms with Crippen LogP contribution in [0.1, 0.15) is 65.7 Å². The van der Waals surface area contributed by atoms with Crippen molar-refractivity contribution in [3.63, 3.8) is 0 Å². The molecule has 27 heavy (non-hydrogen) atoms. The van der Waals surface area contributed by atoms with Gasteiger partial charge in [-0.3, -0.25) is 5.32 Å². The van der Waals surface area contributed by atoms with E-state index in [9.17, 15) is 0 Å². The Bertz CT molecular complexity index is 508. The maximum atomic E-state index is 3.92. The molecular formula is C24H41N3. The van der Waals surface area contributed by atoms with Gasteiger partial charge in [0.1, 0.15) is 0 Å². The third kappa shape index (κ3) is 8.06. The van der Waals surface area contributed by atoms with Gasteiger partial charge in [-0.05, 0) is 45.4 Å². The van der Waals surface area contributed by atoms with E-state index < -0.39 is 0 Å². The highest BCUT2D eigenvalue weighted by molar-refractivity contribution is 5.19. The number of nitrogens with one attached hydrogen (secondary N) is 2. The molecule has 1 unspecified atom stereocenters. The van der Waals surface area contributed by atoms with Crippen molar-refractivity contribution in [3.05, 3.63) is 48.7 Å². The zero-order chi connectivity index (χ0) is 19.5. The van der Waals surface area contributed by atoms with E-state index >= 15 is 0 Å². The molecule has 3 nitrogen and oxygen atoms in total. The van der Waals surface area contributed by atoms with Crippen molar-refractivity contribution in [3.8, 4) is 0 Å². The molecular weight excluding hydrogens is 330 g/mol. The molecule has 0 amide bonds. The minimum atomic E-state index is 0.235. The molecule has 152 valence electrons. The number of nitrogens with zero attached hydrogens (tertiary/aromatic N) is 1. The van der Waals surface area contributed by atoms with E-state index in [4.69, 9.17) is 0 Å². The monoisotopic (exact) mass is 371 g/mol. The Morgan fingerprint density at radius 3 is 2.41 bits per heavy atom. The molecule has 1 saturated heterocycles. The maximum Gasteiger partial charge on any atom is 0.0654 e. The summed E-state index contributed by atoms with van der Waals surface area (Å²) in [5, 5.41) is 7.01. The summed E-state index contributed by atoms with van der Waals surface area (Å²) >= 11 is 0. The van der Waals surface area contributed by atoms with Crippen LogP contribution in [0.4, 0.5) is 0 Å². The predicted octanol–water partition coefficient (Wildman–Crippen LogP) is 5.15. The molecule has 0 aromatic heterocycles. The fraction of sp³-hybridized carbons (Fsp3) is 0.667. The zero-order valence-corrected chi connectivity index (χ0v) is 17.8. The van der Waals surface area contributed by atoms with Gasteiger partial charge in [-0.15, -0.1) is 0 Å². The van der Waals surface area contributed by atoms with Crippen molar-refractivity contribution in [2.45, 2.75) is 77.3 Å². The van der Waals surface area contributed by atoms with E-state index in [0.717, 1.165) is 12.4 Å². The number of piperidine rings is 1. The molecule has 0 saturated carbocycles. The van der Waals surface area contributed by atoms with Crippen LogP contribution >= 0.6 is 0 Å². The predicted molar refractivity (Wildman–Crippen MR) is 119 cm³/mol. The van der Waals surface area contributed by atoms with Crippen LogP contribution in [0, 0.1) is 5.92 Å². The number of allylic oxidation sites excluding steroid dienone is 7. The second kappa shape index (κ2) is 11.5. The summed E-state index contributed by atoms with van der Waals surface area (Å²) in [7, 11) is 0. The van der Waals surface area contributed by atoms with Gasteiger partial charge >= 0.3 is 0 Å². The van der Waals surface area contributed by atoms with Crippen LogP contribution < -0.4 is 10.6 Å². The van der Waals surface area contributed by atoms with Crippen LogP contribution in [-0.2, 0) is 0 Å². The van der Waals surface area contributed by atoms with Crippen molar-refractivity contribution >= 4 is 0 Å². The summed E-state index contributed by atoms with van der Waals surface area (Å²) in [6, 6.07) is 0.701. The van der Waals surface area contributed by atoms with Gasteiger partial charge in [0.15, 0.2) is 0 Å². The third-order valence-electron chi connectivity index (χ3n) is 6.06. The lowest BCUT2D eigenvalue weighted by molar-refractivity contribution is 0.0920. The summed E-state index contributed by atoms with van der Waals surface area (Å²) in [5.74, 6) is 0.567. The summed E-state index contributed by atoms with van der Waals surface area (Å²) in [6.45, 7) is 13.8. The van der Waals surface area contributed by atoms with Gasteiger partial charge in [0.25, 0.3) is 0 Å². The first-order valence-corrected chi connectivity index (χ1v) is 10.9. The summed E-state index contributed by atoms with van der Waals surface area (Å²) in [5.41, 5.74) is 1.26. The molecule has 1 atom stereocenters. The Morgan fingerprint density at radius 2 is 1.81 bits per heavy atom. The second-order valence-corrected chi connectivity index (χ2v) is 8.61. The van der Waals surface area contributed by atoms with E-state index in [1.807, 2.05) is 6.92 Å². The number of hydrogen-bond acceptors (Lipinski definition) is 3.